The minimum atomic E-state index is 0.573. The molecule has 1 unspecified atom stereocenters. The molecule has 1 N–H and O–H groups in total. The highest BCUT2D eigenvalue weighted by Gasteiger charge is 2.18. The summed E-state index contributed by atoms with van der Waals surface area (Å²) in [6, 6.07) is 3.03. The molecule has 2 heterocycles. The van der Waals surface area contributed by atoms with Gasteiger partial charge in [-0.2, -0.15) is 11.8 Å². The van der Waals surface area contributed by atoms with Crippen molar-refractivity contribution in [2.45, 2.75) is 51.3 Å². The Hall–Kier alpha value is 0.01000. The molecule has 0 amide bonds. The van der Waals surface area contributed by atoms with E-state index >= 15 is 0 Å². The molecule has 0 bridgehead atoms. The van der Waals surface area contributed by atoms with E-state index in [0.29, 0.717) is 6.04 Å². The zero-order chi connectivity index (χ0) is 13.0. The van der Waals surface area contributed by atoms with Crippen molar-refractivity contribution in [3.63, 3.8) is 0 Å². The van der Waals surface area contributed by atoms with Gasteiger partial charge in [-0.25, -0.2) is 0 Å². The van der Waals surface area contributed by atoms with Gasteiger partial charge < -0.3 is 5.32 Å². The maximum absolute atomic E-state index is 3.50. The highest BCUT2D eigenvalue weighted by Crippen LogP contribution is 2.35. The van der Waals surface area contributed by atoms with Gasteiger partial charge in [0.2, 0.25) is 0 Å². The van der Waals surface area contributed by atoms with Gasteiger partial charge in [-0.15, -0.1) is 11.3 Å². The van der Waals surface area contributed by atoms with Gasteiger partial charge in [0.25, 0.3) is 0 Å². The molecule has 0 saturated heterocycles. The molecule has 1 nitrogen and oxygen atoms in total. The average molecular weight is 284 g/mol. The highest BCUT2D eigenvalue weighted by molar-refractivity contribution is 7.98. The Labute approximate surface area is 120 Å². The number of fused-ring (bicyclic) bond motifs is 1. The normalized spacial score (nSPS) is 16.9. The number of thioether (sulfide) groups is 1. The number of aryl methyl sites for hydroxylation is 1. The van der Waals surface area contributed by atoms with Gasteiger partial charge >= 0.3 is 0 Å². The van der Waals surface area contributed by atoms with Crippen LogP contribution < -0.4 is 5.32 Å². The van der Waals surface area contributed by atoms with Gasteiger partial charge in [-0.05, 0) is 43.2 Å². The van der Waals surface area contributed by atoms with E-state index < -0.39 is 0 Å². The fraction of sp³-hybridized carbons (Fsp3) is 0.733. The van der Waals surface area contributed by atoms with Crippen molar-refractivity contribution in [2.24, 2.45) is 5.92 Å². The lowest BCUT2D eigenvalue weighted by atomic mass is 10.0. The van der Waals surface area contributed by atoms with Crippen LogP contribution in [0.3, 0.4) is 0 Å². The quantitative estimate of drug-likeness (QED) is 0.817. The topological polar surface area (TPSA) is 12.0 Å². The second kappa shape index (κ2) is 6.97. The molecule has 0 aliphatic carbocycles. The molecule has 1 aliphatic heterocycles. The lowest BCUT2D eigenvalue weighted by Crippen LogP contribution is -2.15. The summed E-state index contributed by atoms with van der Waals surface area (Å²) in [5.74, 6) is 3.37. The standard InChI is InChI=1S/C15H25NS2/c1-11(2)5-4-6-13(16-3)15-9-12-10-17-8-7-14(12)18-15/h9,11,13,16H,4-8,10H2,1-3H3. The van der Waals surface area contributed by atoms with Crippen LogP contribution in [0.4, 0.5) is 0 Å². The Balaban J connectivity index is 1.96. The fourth-order valence-corrected chi connectivity index (χ4v) is 5.02. The largest absolute Gasteiger partial charge is 0.312 e. The van der Waals surface area contributed by atoms with Crippen LogP contribution in [0.2, 0.25) is 0 Å². The molecule has 3 heteroatoms. The number of hydrogen-bond acceptors (Lipinski definition) is 3. The van der Waals surface area contributed by atoms with Gasteiger partial charge in [0.1, 0.15) is 0 Å². The third-order valence-electron chi connectivity index (χ3n) is 3.61. The zero-order valence-corrected chi connectivity index (χ0v) is 13.4. The molecular weight excluding hydrogens is 258 g/mol. The monoisotopic (exact) mass is 283 g/mol. The van der Waals surface area contributed by atoms with Crippen molar-refractivity contribution in [2.75, 3.05) is 12.8 Å². The molecular formula is C15H25NS2. The van der Waals surface area contributed by atoms with E-state index in [1.807, 2.05) is 0 Å². The molecule has 0 saturated carbocycles. The molecule has 18 heavy (non-hydrogen) atoms. The van der Waals surface area contributed by atoms with Crippen LogP contribution in [-0.2, 0) is 12.2 Å². The van der Waals surface area contributed by atoms with Crippen LogP contribution in [0.25, 0.3) is 0 Å². The summed E-state index contributed by atoms with van der Waals surface area (Å²) >= 11 is 4.13. The van der Waals surface area contributed by atoms with E-state index in [0.717, 1.165) is 5.92 Å². The first kappa shape index (κ1) is 14.4. The molecule has 1 aromatic rings. The van der Waals surface area contributed by atoms with Crippen molar-refractivity contribution < 1.29 is 0 Å². The summed E-state index contributed by atoms with van der Waals surface area (Å²) in [5.41, 5.74) is 1.61. The number of hydrogen-bond donors (Lipinski definition) is 1. The first-order valence-corrected chi connectivity index (χ1v) is 9.04. The van der Waals surface area contributed by atoms with Crippen molar-refractivity contribution >= 4 is 23.1 Å². The summed E-state index contributed by atoms with van der Waals surface area (Å²) < 4.78 is 0. The van der Waals surface area contributed by atoms with E-state index in [2.05, 4.69) is 55.4 Å². The summed E-state index contributed by atoms with van der Waals surface area (Å²) in [6.07, 6.45) is 5.24. The van der Waals surface area contributed by atoms with Gasteiger partial charge in [-0.1, -0.05) is 26.7 Å². The first-order chi connectivity index (χ1) is 8.70. The Morgan fingerprint density at radius 1 is 1.33 bits per heavy atom. The third-order valence-corrected chi connectivity index (χ3v) is 5.97. The van der Waals surface area contributed by atoms with Gasteiger partial charge in [0.15, 0.2) is 0 Å². The molecule has 0 radical (unpaired) electrons. The van der Waals surface area contributed by atoms with Crippen LogP contribution in [0.1, 0.15) is 54.5 Å². The minimum absolute atomic E-state index is 0.573. The Kier molecular flexibility index (Phi) is 5.58. The lowest BCUT2D eigenvalue weighted by Gasteiger charge is -2.15. The average Bonchev–Trinajstić information content (AvgIpc) is 2.77. The van der Waals surface area contributed by atoms with Gasteiger partial charge in [0, 0.05) is 21.5 Å². The van der Waals surface area contributed by atoms with Crippen LogP contribution in [-0.4, -0.2) is 12.8 Å². The minimum Gasteiger partial charge on any atom is -0.312 e. The molecule has 0 spiro atoms. The first-order valence-electron chi connectivity index (χ1n) is 7.07. The van der Waals surface area contributed by atoms with E-state index in [1.165, 1.54) is 37.2 Å². The maximum atomic E-state index is 3.50. The molecule has 1 aromatic heterocycles. The Morgan fingerprint density at radius 2 is 2.17 bits per heavy atom. The van der Waals surface area contributed by atoms with Crippen LogP contribution in [0.5, 0.6) is 0 Å². The van der Waals surface area contributed by atoms with Crippen molar-refractivity contribution in [3.05, 3.63) is 21.4 Å². The highest BCUT2D eigenvalue weighted by atomic mass is 32.2. The number of rotatable bonds is 6. The molecule has 0 fully saturated rings. The van der Waals surface area contributed by atoms with Crippen LogP contribution in [0, 0.1) is 5.92 Å². The van der Waals surface area contributed by atoms with Gasteiger partial charge in [0.05, 0.1) is 0 Å². The predicted octanol–water partition coefficient (Wildman–Crippen LogP) is 4.62. The second-order valence-electron chi connectivity index (χ2n) is 5.57. The summed E-state index contributed by atoms with van der Waals surface area (Å²) in [4.78, 5) is 3.21. The number of nitrogens with one attached hydrogen (secondary N) is 1. The summed E-state index contributed by atoms with van der Waals surface area (Å²) in [7, 11) is 2.10. The molecule has 0 aromatic carbocycles. The smallest absolute Gasteiger partial charge is 0.0412 e. The molecule has 2 rings (SSSR count). The van der Waals surface area contributed by atoms with Crippen molar-refractivity contribution in [1.29, 1.82) is 0 Å². The van der Waals surface area contributed by atoms with Crippen LogP contribution >= 0.6 is 23.1 Å². The zero-order valence-electron chi connectivity index (χ0n) is 11.8. The maximum Gasteiger partial charge on any atom is 0.0412 e. The summed E-state index contributed by atoms with van der Waals surface area (Å²) in [5, 5.41) is 3.50. The Bertz CT molecular complexity index is 347. The fourth-order valence-electron chi connectivity index (χ4n) is 2.50. The van der Waals surface area contributed by atoms with Crippen LogP contribution in [0.15, 0.2) is 6.07 Å². The van der Waals surface area contributed by atoms with E-state index in [4.69, 9.17) is 0 Å². The summed E-state index contributed by atoms with van der Waals surface area (Å²) in [6.45, 7) is 4.63. The molecule has 1 atom stereocenters. The third kappa shape index (κ3) is 3.75. The molecule has 1 aliphatic rings. The van der Waals surface area contributed by atoms with Gasteiger partial charge in [-0.3, -0.25) is 0 Å². The predicted molar refractivity (Wildman–Crippen MR) is 84.7 cm³/mol. The van der Waals surface area contributed by atoms with E-state index in [1.54, 1.807) is 15.3 Å². The van der Waals surface area contributed by atoms with E-state index in [-0.39, 0.29) is 0 Å². The van der Waals surface area contributed by atoms with E-state index in [9.17, 15) is 0 Å². The SMILES string of the molecule is CNC(CCCC(C)C)c1cc2c(s1)CCSC2. The van der Waals surface area contributed by atoms with Crippen molar-refractivity contribution in [3.8, 4) is 0 Å². The molecule has 102 valence electrons. The Morgan fingerprint density at radius 3 is 2.83 bits per heavy atom. The van der Waals surface area contributed by atoms with Crippen molar-refractivity contribution in [1.82, 2.24) is 5.32 Å². The number of thiophene rings is 1. The second-order valence-corrected chi connectivity index (χ2v) is 7.84. The lowest BCUT2D eigenvalue weighted by molar-refractivity contribution is 0.474.